The predicted octanol–water partition coefficient (Wildman–Crippen LogP) is 3.07. The van der Waals surface area contributed by atoms with E-state index in [4.69, 9.17) is 18.9 Å². The Bertz CT molecular complexity index is 617. The summed E-state index contributed by atoms with van der Waals surface area (Å²) in [6.07, 6.45) is 3.09. The number of aliphatic hydroxyl groups excluding tert-OH is 1. The molecule has 0 saturated heterocycles. The molecule has 0 spiro atoms. The summed E-state index contributed by atoms with van der Waals surface area (Å²) in [7, 11) is 3.21. The molecule has 0 fully saturated rings. The summed E-state index contributed by atoms with van der Waals surface area (Å²) < 4.78 is 23.0. The molecule has 1 unspecified atom stereocenters. The summed E-state index contributed by atoms with van der Waals surface area (Å²) in [5.41, 5.74) is 2.38. The monoisotopic (exact) mass is 365 g/mol. The van der Waals surface area contributed by atoms with Gasteiger partial charge in [-0.1, -0.05) is 26.0 Å². The standard InChI is InChI=1S/C20H31NO5/c1-6-8-10-25-12-14-16-17(15(22)11-21-14)18(26-9-7-2)13(3)19(23-4)20(16)24-5/h7,14-15,21-22H,2,6,8-12H2,1,3-5H3/t14-,15?/m1/s1. The highest BCUT2D eigenvalue weighted by atomic mass is 16.5. The number of ether oxygens (including phenoxy) is 4. The molecule has 2 N–H and O–H groups in total. The van der Waals surface area contributed by atoms with Crippen LogP contribution in [0.3, 0.4) is 0 Å². The second kappa shape index (κ2) is 9.80. The quantitative estimate of drug-likeness (QED) is 0.491. The third kappa shape index (κ3) is 4.14. The van der Waals surface area contributed by atoms with Crippen LogP contribution >= 0.6 is 0 Å². The molecule has 6 nitrogen and oxygen atoms in total. The molecule has 1 aliphatic rings. The minimum atomic E-state index is -0.699. The van der Waals surface area contributed by atoms with Crippen LogP contribution in [0.4, 0.5) is 0 Å². The zero-order valence-electron chi connectivity index (χ0n) is 16.3. The maximum absolute atomic E-state index is 10.7. The van der Waals surface area contributed by atoms with Gasteiger partial charge in [0.1, 0.15) is 12.4 Å². The van der Waals surface area contributed by atoms with Crippen molar-refractivity contribution < 1.29 is 24.1 Å². The van der Waals surface area contributed by atoms with E-state index in [1.54, 1.807) is 20.3 Å². The highest BCUT2D eigenvalue weighted by Gasteiger charge is 2.36. The van der Waals surface area contributed by atoms with Gasteiger partial charge in [0.05, 0.1) is 33.0 Å². The number of benzene rings is 1. The van der Waals surface area contributed by atoms with Crippen LogP contribution in [0.15, 0.2) is 12.7 Å². The minimum Gasteiger partial charge on any atom is -0.492 e. The van der Waals surface area contributed by atoms with Gasteiger partial charge in [-0.15, -0.1) is 0 Å². The van der Waals surface area contributed by atoms with Crippen molar-refractivity contribution in [1.82, 2.24) is 5.32 Å². The molecule has 1 aromatic carbocycles. The van der Waals surface area contributed by atoms with Crippen LogP contribution in [0.1, 0.15) is 48.6 Å². The second-order valence-corrected chi connectivity index (χ2v) is 6.35. The minimum absolute atomic E-state index is 0.110. The molecular formula is C20H31NO5. The molecule has 1 heterocycles. The molecule has 146 valence electrons. The SMILES string of the molecule is C=CCOc1c(C)c(OC)c(OC)c2c1C(O)CN[C@@H]2COCCCC. The molecular weight excluding hydrogens is 334 g/mol. The van der Waals surface area contributed by atoms with E-state index in [1.807, 2.05) is 6.92 Å². The van der Waals surface area contributed by atoms with E-state index >= 15 is 0 Å². The van der Waals surface area contributed by atoms with Crippen molar-refractivity contribution in [3.63, 3.8) is 0 Å². The number of fused-ring (bicyclic) bond motifs is 1. The third-order valence-electron chi connectivity index (χ3n) is 4.59. The van der Waals surface area contributed by atoms with Gasteiger partial charge in [-0.25, -0.2) is 0 Å². The molecule has 2 atom stereocenters. The Morgan fingerprint density at radius 2 is 1.92 bits per heavy atom. The number of nitrogens with one attached hydrogen (secondary N) is 1. The maximum atomic E-state index is 10.7. The van der Waals surface area contributed by atoms with Crippen LogP contribution < -0.4 is 19.5 Å². The van der Waals surface area contributed by atoms with E-state index in [-0.39, 0.29) is 6.04 Å². The molecule has 2 rings (SSSR count). The van der Waals surface area contributed by atoms with Crippen molar-refractivity contribution in [2.75, 3.05) is 40.6 Å². The van der Waals surface area contributed by atoms with E-state index in [0.717, 1.165) is 29.5 Å². The highest BCUT2D eigenvalue weighted by molar-refractivity contribution is 5.65. The lowest BCUT2D eigenvalue weighted by atomic mass is 9.88. The summed E-state index contributed by atoms with van der Waals surface area (Å²) in [6, 6.07) is -0.110. The zero-order chi connectivity index (χ0) is 19.1. The fourth-order valence-corrected chi connectivity index (χ4v) is 3.34. The van der Waals surface area contributed by atoms with Crippen LogP contribution in [-0.4, -0.2) is 45.7 Å². The van der Waals surface area contributed by atoms with Gasteiger partial charge in [0.2, 0.25) is 0 Å². The lowest BCUT2D eigenvalue weighted by Crippen LogP contribution is -2.36. The van der Waals surface area contributed by atoms with E-state index in [0.29, 0.717) is 43.6 Å². The van der Waals surface area contributed by atoms with E-state index in [1.165, 1.54) is 0 Å². The Morgan fingerprint density at radius 1 is 1.19 bits per heavy atom. The molecule has 0 bridgehead atoms. The molecule has 6 heteroatoms. The van der Waals surface area contributed by atoms with E-state index < -0.39 is 6.10 Å². The fourth-order valence-electron chi connectivity index (χ4n) is 3.34. The van der Waals surface area contributed by atoms with Crippen molar-refractivity contribution in [2.24, 2.45) is 0 Å². The van der Waals surface area contributed by atoms with Crippen molar-refractivity contribution in [3.8, 4) is 17.2 Å². The molecule has 0 aliphatic carbocycles. The summed E-state index contributed by atoms with van der Waals surface area (Å²) in [6.45, 7) is 9.71. The summed E-state index contributed by atoms with van der Waals surface area (Å²) in [5.74, 6) is 1.85. The first-order chi connectivity index (χ1) is 12.6. The predicted molar refractivity (Wildman–Crippen MR) is 101 cm³/mol. The second-order valence-electron chi connectivity index (χ2n) is 6.35. The summed E-state index contributed by atoms with van der Waals surface area (Å²) in [5, 5.41) is 14.0. The van der Waals surface area contributed by atoms with Crippen molar-refractivity contribution in [1.29, 1.82) is 0 Å². The molecule has 0 aromatic heterocycles. The molecule has 0 amide bonds. The first-order valence-electron chi connectivity index (χ1n) is 9.11. The number of rotatable bonds is 10. The average molecular weight is 365 g/mol. The van der Waals surface area contributed by atoms with Crippen LogP contribution in [0.2, 0.25) is 0 Å². The van der Waals surface area contributed by atoms with Gasteiger partial charge >= 0.3 is 0 Å². The van der Waals surface area contributed by atoms with Crippen LogP contribution in [0.25, 0.3) is 0 Å². The number of unbranched alkanes of at least 4 members (excludes halogenated alkanes) is 1. The van der Waals surface area contributed by atoms with Crippen LogP contribution in [0, 0.1) is 6.92 Å². The molecule has 1 aromatic rings. The first kappa shape index (κ1) is 20.6. The number of hydrogen-bond donors (Lipinski definition) is 2. The van der Waals surface area contributed by atoms with Crippen molar-refractivity contribution in [3.05, 3.63) is 29.3 Å². The van der Waals surface area contributed by atoms with Crippen LogP contribution in [0.5, 0.6) is 17.2 Å². The Balaban J connectivity index is 2.52. The number of β-amino-alcohol motifs (C(OH)–C–C–N with tert-alkyl or cyclic N) is 1. The number of aliphatic hydroxyl groups is 1. The topological polar surface area (TPSA) is 69.2 Å². The fraction of sp³-hybridized carbons (Fsp3) is 0.600. The van der Waals surface area contributed by atoms with Gasteiger partial charge in [-0.05, 0) is 13.3 Å². The number of methoxy groups -OCH3 is 2. The van der Waals surface area contributed by atoms with Gasteiger partial charge in [0.25, 0.3) is 0 Å². The lowest BCUT2D eigenvalue weighted by molar-refractivity contribution is 0.0876. The van der Waals surface area contributed by atoms with Crippen molar-refractivity contribution in [2.45, 2.75) is 38.8 Å². The smallest absolute Gasteiger partial charge is 0.167 e. The molecule has 0 radical (unpaired) electrons. The third-order valence-corrected chi connectivity index (χ3v) is 4.59. The van der Waals surface area contributed by atoms with Gasteiger partial charge in [-0.3, -0.25) is 0 Å². The van der Waals surface area contributed by atoms with E-state index in [9.17, 15) is 5.11 Å². The normalized spacial score (nSPS) is 19.0. The molecule has 26 heavy (non-hydrogen) atoms. The lowest BCUT2D eigenvalue weighted by Gasteiger charge is -2.34. The van der Waals surface area contributed by atoms with Gasteiger partial charge in [0.15, 0.2) is 11.5 Å². The largest absolute Gasteiger partial charge is 0.492 e. The number of hydrogen-bond acceptors (Lipinski definition) is 6. The summed E-state index contributed by atoms with van der Waals surface area (Å²) in [4.78, 5) is 0. The zero-order valence-corrected chi connectivity index (χ0v) is 16.3. The molecule has 0 saturated carbocycles. The van der Waals surface area contributed by atoms with Crippen molar-refractivity contribution >= 4 is 0 Å². The van der Waals surface area contributed by atoms with Gasteiger partial charge < -0.3 is 29.4 Å². The Hall–Kier alpha value is -1.76. The maximum Gasteiger partial charge on any atom is 0.167 e. The molecule has 1 aliphatic heterocycles. The van der Waals surface area contributed by atoms with E-state index in [2.05, 4.69) is 18.8 Å². The van der Waals surface area contributed by atoms with Gasteiger partial charge in [0, 0.05) is 29.8 Å². The Morgan fingerprint density at radius 3 is 2.54 bits per heavy atom. The Kier molecular flexibility index (Phi) is 7.75. The average Bonchev–Trinajstić information content (AvgIpc) is 2.65. The first-order valence-corrected chi connectivity index (χ1v) is 9.11. The highest BCUT2D eigenvalue weighted by Crippen LogP contribution is 2.49. The van der Waals surface area contributed by atoms with Gasteiger partial charge in [-0.2, -0.15) is 0 Å². The summed E-state index contributed by atoms with van der Waals surface area (Å²) >= 11 is 0. The van der Waals surface area contributed by atoms with Crippen LogP contribution in [-0.2, 0) is 4.74 Å². The Labute approximate surface area is 156 Å².